The van der Waals surface area contributed by atoms with Gasteiger partial charge in [-0.05, 0) is 37.0 Å². The van der Waals surface area contributed by atoms with E-state index < -0.39 is 6.10 Å². The second-order valence-corrected chi connectivity index (χ2v) is 18.8. The Balaban J connectivity index is 4.35. The normalized spacial score (nSPS) is 13.1. The van der Waals surface area contributed by atoms with Crippen molar-refractivity contribution in [2.24, 2.45) is 17.8 Å². The van der Waals surface area contributed by atoms with Gasteiger partial charge in [0, 0.05) is 19.3 Å². The summed E-state index contributed by atoms with van der Waals surface area (Å²) < 4.78 is 16.8. The van der Waals surface area contributed by atoms with Crippen LogP contribution in [-0.4, -0.2) is 37.2 Å². The highest BCUT2D eigenvalue weighted by atomic mass is 16.6. The zero-order valence-electron chi connectivity index (χ0n) is 39.8. The second kappa shape index (κ2) is 43.5. The molecule has 0 N–H and O–H groups in total. The van der Waals surface area contributed by atoms with E-state index in [4.69, 9.17) is 14.2 Å². The summed E-state index contributed by atoms with van der Waals surface area (Å²) in [4.78, 5) is 37.9. The van der Waals surface area contributed by atoms with Crippen LogP contribution in [-0.2, 0) is 28.6 Å². The van der Waals surface area contributed by atoms with Gasteiger partial charge in [-0.25, -0.2) is 0 Å². The minimum absolute atomic E-state index is 0.0652. The van der Waals surface area contributed by atoms with Crippen LogP contribution in [0.4, 0.5) is 0 Å². The lowest BCUT2D eigenvalue weighted by molar-refractivity contribution is -0.167. The Morgan fingerprint density at radius 3 is 0.897 bits per heavy atom. The van der Waals surface area contributed by atoms with Crippen LogP contribution in [0.2, 0.25) is 0 Å². The van der Waals surface area contributed by atoms with Crippen molar-refractivity contribution in [3.63, 3.8) is 0 Å². The van der Waals surface area contributed by atoms with Crippen molar-refractivity contribution in [2.45, 2.75) is 285 Å². The predicted octanol–water partition coefficient (Wildman–Crippen LogP) is 16.4. The highest BCUT2D eigenvalue weighted by Crippen LogP contribution is 2.18. The van der Waals surface area contributed by atoms with Crippen LogP contribution < -0.4 is 0 Å². The molecule has 0 radical (unpaired) electrons. The molecule has 0 saturated carbocycles. The smallest absolute Gasteiger partial charge is 0.306 e. The van der Waals surface area contributed by atoms with Gasteiger partial charge in [-0.2, -0.15) is 0 Å². The highest BCUT2D eigenvalue weighted by molar-refractivity contribution is 5.71. The Kier molecular flexibility index (Phi) is 42.3. The van der Waals surface area contributed by atoms with E-state index in [1.165, 1.54) is 161 Å². The number of unbranched alkanes of at least 4 members (excludes halogenated alkanes) is 26. The van der Waals surface area contributed by atoms with Gasteiger partial charge in [0.25, 0.3) is 0 Å². The maximum atomic E-state index is 12.8. The van der Waals surface area contributed by atoms with Crippen molar-refractivity contribution >= 4 is 17.9 Å². The quantitative estimate of drug-likeness (QED) is 0.0346. The number of hydrogen-bond donors (Lipinski definition) is 0. The molecule has 6 heteroatoms. The van der Waals surface area contributed by atoms with Crippen LogP contribution in [0.5, 0.6) is 0 Å². The molecule has 344 valence electrons. The van der Waals surface area contributed by atoms with E-state index in [1.54, 1.807) is 0 Å². The van der Waals surface area contributed by atoms with E-state index in [-0.39, 0.29) is 31.1 Å². The summed E-state index contributed by atoms with van der Waals surface area (Å²) in [5.41, 5.74) is 0. The summed E-state index contributed by atoms with van der Waals surface area (Å²) in [5.74, 6) is 1.69. The number of rotatable bonds is 45. The van der Waals surface area contributed by atoms with E-state index in [0.717, 1.165) is 75.5 Å². The Morgan fingerprint density at radius 1 is 0.345 bits per heavy atom. The summed E-state index contributed by atoms with van der Waals surface area (Å²) in [6.07, 6.45) is 42.2. The molecule has 0 aromatic heterocycles. The lowest BCUT2D eigenvalue weighted by atomic mass is 9.99. The monoisotopic (exact) mass is 821 g/mol. The summed E-state index contributed by atoms with van der Waals surface area (Å²) in [6, 6.07) is 0. The fourth-order valence-corrected chi connectivity index (χ4v) is 7.70. The molecule has 0 rings (SSSR count). The van der Waals surface area contributed by atoms with Gasteiger partial charge < -0.3 is 14.2 Å². The molecule has 0 aromatic carbocycles. The Morgan fingerprint density at radius 2 is 0.603 bits per heavy atom. The molecule has 0 saturated heterocycles. The fraction of sp³-hybridized carbons (Fsp3) is 0.942. The fourth-order valence-electron chi connectivity index (χ4n) is 7.70. The lowest BCUT2D eigenvalue weighted by Gasteiger charge is -2.18. The van der Waals surface area contributed by atoms with Gasteiger partial charge in [-0.1, -0.05) is 241 Å². The Labute approximate surface area is 361 Å². The first-order valence-corrected chi connectivity index (χ1v) is 25.7. The van der Waals surface area contributed by atoms with E-state index in [1.807, 2.05) is 0 Å². The SMILES string of the molecule is CCC(C)CCCCCCCCCCCCC(=O)OC[C@@H](COC(=O)CCCCCCCCCCC(C)CC)OC(=O)CCCCCCCCCCCCCC(C)C. The van der Waals surface area contributed by atoms with Crippen molar-refractivity contribution in [1.29, 1.82) is 0 Å². The number of carbonyl (C=O) groups is 3. The van der Waals surface area contributed by atoms with Crippen LogP contribution in [0.25, 0.3) is 0 Å². The lowest BCUT2D eigenvalue weighted by Crippen LogP contribution is -2.30. The van der Waals surface area contributed by atoms with E-state index in [9.17, 15) is 14.4 Å². The number of ether oxygens (including phenoxy) is 3. The molecule has 0 aliphatic carbocycles. The average molecular weight is 821 g/mol. The van der Waals surface area contributed by atoms with Crippen molar-refractivity contribution in [3.8, 4) is 0 Å². The number of esters is 3. The third kappa shape index (κ3) is 42.5. The summed E-state index contributed by atoms with van der Waals surface area (Å²) in [7, 11) is 0. The van der Waals surface area contributed by atoms with Gasteiger partial charge in [0.05, 0.1) is 0 Å². The molecule has 0 amide bonds. The van der Waals surface area contributed by atoms with Gasteiger partial charge in [-0.15, -0.1) is 0 Å². The van der Waals surface area contributed by atoms with Crippen LogP contribution in [0.3, 0.4) is 0 Å². The minimum atomic E-state index is -0.763. The van der Waals surface area contributed by atoms with Gasteiger partial charge in [0.1, 0.15) is 13.2 Å². The maximum Gasteiger partial charge on any atom is 0.306 e. The van der Waals surface area contributed by atoms with E-state index in [0.29, 0.717) is 19.3 Å². The molecule has 0 aliphatic heterocycles. The number of hydrogen-bond acceptors (Lipinski definition) is 6. The van der Waals surface area contributed by atoms with Gasteiger partial charge >= 0.3 is 17.9 Å². The summed E-state index contributed by atoms with van der Waals surface area (Å²) >= 11 is 0. The number of carbonyl (C=O) groups excluding carboxylic acids is 3. The summed E-state index contributed by atoms with van der Waals surface area (Å²) in [5, 5.41) is 0. The second-order valence-electron chi connectivity index (χ2n) is 18.8. The first kappa shape index (κ1) is 56.4. The van der Waals surface area contributed by atoms with Crippen LogP contribution in [0.15, 0.2) is 0 Å². The predicted molar refractivity (Wildman–Crippen MR) is 247 cm³/mol. The first-order chi connectivity index (χ1) is 28.2. The zero-order valence-corrected chi connectivity index (χ0v) is 39.8. The molecule has 2 unspecified atom stereocenters. The van der Waals surface area contributed by atoms with Crippen molar-refractivity contribution in [1.82, 2.24) is 0 Å². The largest absolute Gasteiger partial charge is 0.462 e. The van der Waals surface area contributed by atoms with E-state index in [2.05, 4.69) is 41.5 Å². The standard InChI is InChI=1S/C52H100O6/c1-7-47(5)39-33-27-21-15-12-13-16-23-29-35-41-50(53)56-44-49(45-57-51(54)42-36-30-24-19-18-22-28-34-40-48(6)8-2)58-52(55)43-37-31-25-17-11-9-10-14-20-26-32-38-46(3)4/h46-49H,7-45H2,1-6H3/t47?,48?,49-/m0/s1. The van der Waals surface area contributed by atoms with Crippen molar-refractivity contribution in [2.75, 3.05) is 13.2 Å². The molecule has 0 aromatic rings. The first-order valence-electron chi connectivity index (χ1n) is 25.7. The minimum Gasteiger partial charge on any atom is -0.462 e. The molecule has 6 nitrogen and oxygen atoms in total. The Bertz CT molecular complexity index is 902. The van der Waals surface area contributed by atoms with Crippen LogP contribution >= 0.6 is 0 Å². The molecular weight excluding hydrogens is 721 g/mol. The molecule has 0 spiro atoms. The molecule has 58 heavy (non-hydrogen) atoms. The molecule has 0 bridgehead atoms. The Hall–Kier alpha value is -1.59. The average Bonchev–Trinajstić information content (AvgIpc) is 3.21. The molecule has 0 fully saturated rings. The van der Waals surface area contributed by atoms with Crippen molar-refractivity contribution < 1.29 is 28.6 Å². The van der Waals surface area contributed by atoms with Crippen LogP contribution in [0, 0.1) is 17.8 Å². The molecular formula is C52H100O6. The van der Waals surface area contributed by atoms with Gasteiger partial charge in [-0.3, -0.25) is 14.4 Å². The molecule has 0 aliphatic rings. The van der Waals surface area contributed by atoms with Gasteiger partial charge in [0.15, 0.2) is 6.10 Å². The molecule has 3 atom stereocenters. The highest BCUT2D eigenvalue weighted by Gasteiger charge is 2.19. The third-order valence-electron chi connectivity index (χ3n) is 12.4. The van der Waals surface area contributed by atoms with E-state index >= 15 is 0 Å². The molecule has 0 heterocycles. The third-order valence-corrected chi connectivity index (χ3v) is 12.4. The summed E-state index contributed by atoms with van der Waals surface area (Å²) in [6.45, 7) is 13.7. The van der Waals surface area contributed by atoms with Crippen molar-refractivity contribution in [3.05, 3.63) is 0 Å². The van der Waals surface area contributed by atoms with Crippen LogP contribution in [0.1, 0.15) is 279 Å². The van der Waals surface area contributed by atoms with Gasteiger partial charge in [0.2, 0.25) is 0 Å². The topological polar surface area (TPSA) is 78.9 Å². The zero-order chi connectivity index (χ0) is 42.7. The maximum absolute atomic E-state index is 12.8.